The zero-order valence-electron chi connectivity index (χ0n) is 14.4. The molecule has 1 aromatic heterocycles. The number of ether oxygens (including phenoxy) is 2. The molecule has 0 aliphatic carbocycles. The summed E-state index contributed by atoms with van der Waals surface area (Å²) >= 11 is 0. The normalized spacial score (nSPS) is 12.1. The fraction of sp³-hybridized carbons (Fsp3) is 0.263. The number of aromatic amines is 1. The minimum Gasteiger partial charge on any atom is -0.493 e. The first-order valence-electron chi connectivity index (χ1n) is 7.96. The number of aromatic nitrogens is 1. The van der Waals surface area contributed by atoms with Crippen molar-refractivity contribution >= 4 is 10.9 Å². The summed E-state index contributed by atoms with van der Waals surface area (Å²) in [6.07, 6.45) is 0. The highest BCUT2D eigenvalue weighted by atomic mass is 16.6. The summed E-state index contributed by atoms with van der Waals surface area (Å²) in [4.78, 5) is 14.4. The highest BCUT2D eigenvalue weighted by Gasteiger charge is 2.29. The van der Waals surface area contributed by atoms with Gasteiger partial charge in [-0.1, -0.05) is 30.3 Å². The molecule has 0 fully saturated rings. The number of hydrogen-bond acceptors (Lipinski definition) is 4. The van der Waals surface area contributed by atoms with E-state index in [0.29, 0.717) is 11.5 Å². The lowest BCUT2D eigenvalue weighted by atomic mass is 9.88. The predicted molar refractivity (Wildman–Crippen MR) is 96.3 cm³/mol. The first kappa shape index (κ1) is 16.8. The molecule has 1 heterocycles. The Morgan fingerprint density at radius 1 is 1.12 bits per heavy atom. The number of hydrogen-bond donors (Lipinski definition) is 1. The van der Waals surface area contributed by atoms with Crippen molar-refractivity contribution in [2.24, 2.45) is 0 Å². The van der Waals surface area contributed by atoms with Gasteiger partial charge in [0.1, 0.15) is 0 Å². The summed E-state index contributed by atoms with van der Waals surface area (Å²) in [5.41, 5.74) is 3.54. The van der Waals surface area contributed by atoms with Crippen LogP contribution in [-0.4, -0.2) is 30.7 Å². The van der Waals surface area contributed by atoms with Crippen LogP contribution >= 0.6 is 0 Å². The average Bonchev–Trinajstić information content (AvgIpc) is 2.94. The van der Waals surface area contributed by atoms with Crippen LogP contribution in [0.2, 0.25) is 0 Å². The van der Waals surface area contributed by atoms with E-state index in [1.165, 1.54) is 0 Å². The molecular formula is C19H20N2O4. The Morgan fingerprint density at radius 3 is 2.56 bits per heavy atom. The number of benzene rings is 2. The molecule has 0 aliphatic rings. The van der Waals surface area contributed by atoms with E-state index in [9.17, 15) is 10.1 Å². The second-order valence-corrected chi connectivity index (χ2v) is 5.86. The van der Waals surface area contributed by atoms with Crippen molar-refractivity contribution < 1.29 is 14.4 Å². The van der Waals surface area contributed by atoms with Gasteiger partial charge in [-0.05, 0) is 24.6 Å². The SMILES string of the molecule is COc1cccc(C(C[N+](=O)[O-])c2c(C)[nH]c3ccccc23)c1OC. The lowest BCUT2D eigenvalue weighted by Crippen LogP contribution is -2.16. The summed E-state index contributed by atoms with van der Waals surface area (Å²) in [5, 5.41) is 12.4. The van der Waals surface area contributed by atoms with Crippen LogP contribution in [0.3, 0.4) is 0 Å². The fourth-order valence-corrected chi connectivity index (χ4v) is 3.43. The first-order valence-corrected chi connectivity index (χ1v) is 7.96. The Balaban J connectivity index is 2.26. The number of nitro groups is 1. The van der Waals surface area contributed by atoms with E-state index >= 15 is 0 Å². The van der Waals surface area contributed by atoms with Gasteiger partial charge in [0.05, 0.1) is 20.1 Å². The molecule has 0 saturated heterocycles. The van der Waals surface area contributed by atoms with Crippen molar-refractivity contribution in [1.29, 1.82) is 0 Å². The Bertz CT molecular complexity index is 917. The maximum atomic E-state index is 11.4. The van der Waals surface area contributed by atoms with Crippen LogP contribution in [0.5, 0.6) is 11.5 Å². The molecule has 0 radical (unpaired) electrons. The van der Waals surface area contributed by atoms with Crippen molar-refractivity contribution in [2.75, 3.05) is 20.8 Å². The number of para-hydroxylation sites is 2. The third-order valence-corrected chi connectivity index (χ3v) is 4.43. The van der Waals surface area contributed by atoms with Crippen LogP contribution in [0.4, 0.5) is 0 Å². The van der Waals surface area contributed by atoms with Gasteiger partial charge in [0.2, 0.25) is 6.54 Å². The standard InChI is InChI=1S/C19H20N2O4/c1-12-18(14-7-4-5-9-16(14)20-12)15(11-21(22)23)13-8-6-10-17(24-2)19(13)25-3/h4-10,15,20H,11H2,1-3H3. The molecule has 3 aromatic rings. The maximum Gasteiger partial charge on any atom is 0.214 e. The van der Waals surface area contributed by atoms with Gasteiger partial charge in [0.15, 0.2) is 11.5 Å². The Labute approximate surface area is 145 Å². The van der Waals surface area contributed by atoms with E-state index in [-0.39, 0.29) is 11.5 Å². The molecule has 6 heteroatoms. The van der Waals surface area contributed by atoms with Crippen molar-refractivity contribution in [3.05, 3.63) is 69.4 Å². The molecule has 1 unspecified atom stereocenters. The van der Waals surface area contributed by atoms with E-state index < -0.39 is 5.92 Å². The number of fused-ring (bicyclic) bond motifs is 1. The van der Waals surface area contributed by atoms with Gasteiger partial charge in [-0.3, -0.25) is 10.1 Å². The third kappa shape index (κ3) is 3.03. The maximum absolute atomic E-state index is 11.4. The van der Waals surface area contributed by atoms with Gasteiger partial charge in [-0.15, -0.1) is 0 Å². The van der Waals surface area contributed by atoms with Crippen molar-refractivity contribution in [1.82, 2.24) is 4.98 Å². The van der Waals surface area contributed by atoms with Crippen LogP contribution in [0.15, 0.2) is 42.5 Å². The molecule has 0 saturated carbocycles. The quantitative estimate of drug-likeness (QED) is 0.545. The van der Waals surface area contributed by atoms with E-state index in [4.69, 9.17) is 9.47 Å². The van der Waals surface area contributed by atoms with Gasteiger partial charge in [0, 0.05) is 27.1 Å². The Hall–Kier alpha value is -3.02. The predicted octanol–water partition coefficient (Wildman–Crippen LogP) is 3.90. The summed E-state index contributed by atoms with van der Waals surface area (Å²) in [5.74, 6) is 0.642. The molecule has 0 aliphatic heterocycles. The van der Waals surface area contributed by atoms with Crippen molar-refractivity contribution in [3.63, 3.8) is 0 Å². The zero-order chi connectivity index (χ0) is 18.0. The highest BCUT2D eigenvalue weighted by molar-refractivity contribution is 5.86. The van der Waals surface area contributed by atoms with Crippen LogP contribution in [0, 0.1) is 17.0 Å². The molecule has 0 bridgehead atoms. The smallest absolute Gasteiger partial charge is 0.214 e. The van der Waals surface area contributed by atoms with Crippen molar-refractivity contribution in [3.8, 4) is 11.5 Å². The molecule has 6 nitrogen and oxygen atoms in total. The lowest BCUT2D eigenvalue weighted by molar-refractivity contribution is -0.481. The first-order chi connectivity index (χ1) is 12.1. The molecule has 1 atom stereocenters. The molecule has 130 valence electrons. The Kier molecular flexibility index (Phi) is 4.61. The molecular weight excluding hydrogens is 320 g/mol. The zero-order valence-corrected chi connectivity index (χ0v) is 14.4. The lowest BCUT2D eigenvalue weighted by Gasteiger charge is -2.19. The second-order valence-electron chi connectivity index (χ2n) is 5.86. The fourth-order valence-electron chi connectivity index (χ4n) is 3.43. The Morgan fingerprint density at radius 2 is 1.88 bits per heavy atom. The van der Waals surface area contributed by atoms with Gasteiger partial charge in [0.25, 0.3) is 0 Å². The van der Waals surface area contributed by atoms with Crippen LogP contribution in [0.25, 0.3) is 10.9 Å². The number of methoxy groups -OCH3 is 2. The number of rotatable bonds is 6. The molecule has 2 aromatic carbocycles. The molecule has 1 N–H and O–H groups in total. The number of H-pyrrole nitrogens is 1. The van der Waals surface area contributed by atoms with Crippen LogP contribution in [-0.2, 0) is 0 Å². The van der Waals surface area contributed by atoms with E-state index in [1.807, 2.05) is 43.3 Å². The summed E-state index contributed by atoms with van der Waals surface area (Å²) < 4.78 is 10.9. The van der Waals surface area contributed by atoms with Crippen molar-refractivity contribution in [2.45, 2.75) is 12.8 Å². The average molecular weight is 340 g/mol. The molecule has 25 heavy (non-hydrogen) atoms. The van der Waals surface area contributed by atoms with Crippen LogP contribution < -0.4 is 9.47 Å². The van der Waals surface area contributed by atoms with Gasteiger partial charge >= 0.3 is 0 Å². The van der Waals surface area contributed by atoms with Gasteiger partial charge in [-0.2, -0.15) is 0 Å². The highest BCUT2D eigenvalue weighted by Crippen LogP contribution is 2.41. The summed E-state index contributed by atoms with van der Waals surface area (Å²) in [6.45, 7) is 1.71. The second kappa shape index (κ2) is 6.84. The number of nitrogens with zero attached hydrogens (tertiary/aromatic N) is 1. The minimum atomic E-state index is -0.448. The van der Waals surface area contributed by atoms with Gasteiger partial charge < -0.3 is 14.5 Å². The van der Waals surface area contributed by atoms with Gasteiger partial charge in [-0.25, -0.2) is 0 Å². The van der Waals surface area contributed by atoms with E-state index in [1.54, 1.807) is 20.3 Å². The topological polar surface area (TPSA) is 77.4 Å². The molecule has 0 spiro atoms. The third-order valence-electron chi connectivity index (χ3n) is 4.43. The number of nitrogens with one attached hydrogen (secondary N) is 1. The minimum absolute atomic E-state index is 0.230. The van der Waals surface area contributed by atoms with Crippen LogP contribution in [0.1, 0.15) is 22.7 Å². The molecule has 3 rings (SSSR count). The van der Waals surface area contributed by atoms with E-state index in [2.05, 4.69) is 4.98 Å². The van der Waals surface area contributed by atoms with E-state index in [0.717, 1.165) is 27.7 Å². The molecule has 0 amide bonds. The summed E-state index contributed by atoms with van der Waals surface area (Å²) in [6, 6.07) is 13.3. The largest absolute Gasteiger partial charge is 0.493 e. The summed E-state index contributed by atoms with van der Waals surface area (Å²) in [7, 11) is 3.10. The number of aryl methyl sites for hydroxylation is 1. The monoisotopic (exact) mass is 340 g/mol.